The molecule has 7 nitrogen and oxygen atoms in total. The van der Waals surface area contributed by atoms with Gasteiger partial charge in [-0.2, -0.15) is 0 Å². The Labute approximate surface area is 170 Å². The quantitative estimate of drug-likeness (QED) is 0.437. The lowest BCUT2D eigenvalue weighted by Crippen LogP contribution is -2.30. The summed E-state index contributed by atoms with van der Waals surface area (Å²) in [5, 5.41) is 6.51. The second-order valence-corrected chi connectivity index (χ2v) is 6.13. The van der Waals surface area contributed by atoms with Crippen molar-refractivity contribution in [2.45, 2.75) is 20.4 Å². The van der Waals surface area contributed by atoms with Crippen LogP contribution >= 0.6 is 0 Å². The van der Waals surface area contributed by atoms with Crippen LogP contribution in [0.25, 0.3) is 11.5 Å². The van der Waals surface area contributed by atoms with Crippen molar-refractivity contribution in [1.29, 1.82) is 0 Å². The van der Waals surface area contributed by atoms with Crippen molar-refractivity contribution in [2.24, 2.45) is 4.99 Å². The number of nitrogens with zero attached hydrogens (tertiary/aromatic N) is 2. The van der Waals surface area contributed by atoms with E-state index in [4.69, 9.17) is 13.9 Å². The first-order chi connectivity index (χ1) is 14.2. The van der Waals surface area contributed by atoms with Crippen molar-refractivity contribution in [2.75, 3.05) is 25.6 Å². The Morgan fingerprint density at radius 2 is 1.93 bits per heavy atom. The minimum atomic E-state index is 0.389. The summed E-state index contributed by atoms with van der Waals surface area (Å²) in [6.07, 6.45) is 1.63. The molecule has 29 heavy (non-hydrogen) atoms. The number of hydrogen-bond donors (Lipinski definition) is 2. The van der Waals surface area contributed by atoms with Gasteiger partial charge in [-0.1, -0.05) is 18.2 Å². The van der Waals surface area contributed by atoms with E-state index in [1.165, 1.54) is 0 Å². The molecular weight excluding hydrogens is 368 g/mol. The number of methoxy groups -OCH3 is 1. The monoisotopic (exact) mass is 394 g/mol. The summed E-state index contributed by atoms with van der Waals surface area (Å²) in [6, 6.07) is 15.5. The number of anilines is 1. The average Bonchev–Trinajstić information content (AvgIpc) is 3.22. The molecule has 0 radical (unpaired) electrons. The summed E-state index contributed by atoms with van der Waals surface area (Å²) >= 11 is 0. The van der Waals surface area contributed by atoms with Crippen molar-refractivity contribution >= 4 is 11.6 Å². The van der Waals surface area contributed by atoms with Gasteiger partial charge >= 0.3 is 0 Å². The molecule has 0 aliphatic carbocycles. The second kappa shape index (κ2) is 10.2. The Hall–Kier alpha value is -3.48. The number of rotatable bonds is 8. The van der Waals surface area contributed by atoms with Crippen molar-refractivity contribution in [3.8, 4) is 23.0 Å². The zero-order valence-electron chi connectivity index (χ0n) is 16.9. The highest BCUT2D eigenvalue weighted by Crippen LogP contribution is 2.30. The summed E-state index contributed by atoms with van der Waals surface area (Å²) in [5.41, 5.74) is 2.54. The number of hydrogen-bond acceptors (Lipinski definition) is 5. The van der Waals surface area contributed by atoms with E-state index in [0.29, 0.717) is 36.5 Å². The second-order valence-electron chi connectivity index (χ2n) is 6.13. The lowest BCUT2D eigenvalue weighted by Gasteiger charge is -2.14. The van der Waals surface area contributed by atoms with Crippen LogP contribution in [-0.4, -0.2) is 31.2 Å². The molecule has 0 unspecified atom stereocenters. The molecule has 0 amide bonds. The molecule has 2 N–H and O–H groups in total. The Balaban J connectivity index is 1.72. The summed E-state index contributed by atoms with van der Waals surface area (Å²) < 4.78 is 16.5. The molecular formula is C22H26N4O3. The van der Waals surface area contributed by atoms with Gasteiger partial charge in [0.05, 0.1) is 20.3 Å². The van der Waals surface area contributed by atoms with Gasteiger partial charge in [-0.25, -0.2) is 9.98 Å². The van der Waals surface area contributed by atoms with Crippen molar-refractivity contribution in [1.82, 2.24) is 10.3 Å². The molecule has 0 saturated heterocycles. The normalized spacial score (nSPS) is 11.2. The van der Waals surface area contributed by atoms with Gasteiger partial charge in [-0.15, -0.1) is 0 Å². The zero-order valence-corrected chi connectivity index (χ0v) is 16.9. The van der Waals surface area contributed by atoms with Crippen LogP contribution in [0, 0.1) is 0 Å². The van der Waals surface area contributed by atoms with Crippen LogP contribution in [0.4, 0.5) is 5.69 Å². The highest BCUT2D eigenvalue weighted by molar-refractivity contribution is 5.93. The Kier molecular flexibility index (Phi) is 7.10. The fourth-order valence-corrected chi connectivity index (χ4v) is 2.72. The van der Waals surface area contributed by atoms with Crippen LogP contribution in [0.3, 0.4) is 0 Å². The number of benzene rings is 2. The minimum absolute atomic E-state index is 0.389. The summed E-state index contributed by atoms with van der Waals surface area (Å²) in [4.78, 5) is 9.12. The SMILES string of the molecule is CCNC(=NCc1coc(-c2ccccc2)n1)Nc1ccc(OC)c(OCC)c1. The topological polar surface area (TPSA) is 80.9 Å². The molecule has 0 bridgehead atoms. The summed E-state index contributed by atoms with van der Waals surface area (Å²) in [5.74, 6) is 2.60. The molecule has 7 heteroatoms. The summed E-state index contributed by atoms with van der Waals surface area (Å²) in [7, 11) is 1.62. The van der Waals surface area contributed by atoms with Gasteiger partial charge in [-0.3, -0.25) is 0 Å². The maximum Gasteiger partial charge on any atom is 0.226 e. The van der Waals surface area contributed by atoms with Gasteiger partial charge in [0, 0.05) is 23.9 Å². The molecule has 152 valence electrons. The third-order valence-electron chi connectivity index (χ3n) is 4.04. The van der Waals surface area contributed by atoms with E-state index in [1.807, 2.05) is 62.4 Å². The lowest BCUT2D eigenvalue weighted by atomic mass is 10.2. The number of ether oxygens (including phenoxy) is 2. The maximum atomic E-state index is 5.64. The first-order valence-electron chi connectivity index (χ1n) is 9.59. The molecule has 1 heterocycles. The molecule has 1 aromatic heterocycles. The van der Waals surface area contributed by atoms with Gasteiger partial charge in [0.1, 0.15) is 12.0 Å². The predicted octanol–water partition coefficient (Wildman–Crippen LogP) is 4.33. The highest BCUT2D eigenvalue weighted by Gasteiger charge is 2.09. The first-order valence-corrected chi connectivity index (χ1v) is 9.59. The number of aromatic nitrogens is 1. The minimum Gasteiger partial charge on any atom is -0.493 e. The predicted molar refractivity (Wildman–Crippen MR) is 115 cm³/mol. The van der Waals surface area contributed by atoms with Crippen molar-refractivity contribution in [3.05, 3.63) is 60.5 Å². The summed E-state index contributed by atoms with van der Waals surface area (Å²) in [6.45, 7) is 5.63. The van der Waals surface area contributed by atoms with Gasteiger partial charge in [-0.05, 0) is 38.1 Å². The highest BCUT2D eigenvalue weighted by atomic mass is 16.5. The smallest absolute Gasteiger partial charge is 0.226 e. The van der Waals surface area contributed by atoms with Crippen LogP contribution in [-0.2, 0) is 6.54 Å². The molecule has 2 aromatic carbocycles. The number of oxazole rings is 1. The molecule has 3 aromatic rings. The fraction of sp³-hybridized carbons (Fsp3) is 0.273. The first kappa shape index (κ1) is 20.3. The molecule has 3 rings (SSSR count). The van der Waals surface area contributed by atoms with E-state index in [2.05, 4.69) is 20.6 Å². The standard InChI is InChI=1S/C22H26N4O3/c1-4-23-22(26-17-11-12-19(27-3)20(13-17)28-5-2)24-14-18-15-29-21(25-18)16-9-7-6-8-10-16/h6-13,15H,4-5,14H2,1-3H3,(H2,23,24,26). The molecule has 0 saturated carbocycles. The van der Waals surface area contributed by atoms with Gasteiger partial charge in [0.25, 0.3) is 0 Å². The van der Waals surface area contributed by atoms with E-state index < -0.39 is 0 Å². The van der Waals surface area contributed by atoms with Gasteiger partial charge < -0.3 is 24.5 Å². The molecule has 0 atom stereocenters. The van der Waals surface area contributed by atoms with E-state index in [1.54, 1.807) is 13.4 Å². The van der Waals surface area contributed by atoms with Crippen LogP contribution in [0.2, 0.25) is 0 Å². The number of nitrogens with one attached hydrogen (secondary N) is 2. The van der Waals surface area contributed by atoms with E-state index in [9.17, 15) is 0 Å². The van der Waals surface area contributed by atoms with Crippen LogP contribution in [0.5, 0.6) is 11.5 Å². The fourth-order valence-electron chi connectivity index (χ4n) is 2.72. The average molecular weight is 394 g/mol. The zero-order chi connectivity index (χ0) is 20.5. The molecule has 0 aliphatic heterocycles. The van der Waals surface area contributed by atoms with Gasteiger partial charge in [0.15, 0.2) is 17.5 Å². The van der Waals surface area contributed by atoms with Crippen molar-refractivity contribution < 1.29 is 13.9 Å². The molecule has 0 aliphatic rings. The number of guanidine groups is 1. The maximum absolute atomic E-state index is 5.64. The molecule has 0 fully saturated rings. The Morgan fingerprint density at radius 1 is 1.10 bits per heavy atom. The Bertz CT molecular complexity index is 938. The van der Waals surface area contributed by atoms with Crippen molar-refractivity contribution in [3.63, 3.8) is 0 Å². The van der Waals surface area contributed by atoms with Gasteiger partial charge in [0.2, 0.25) is 5.89 Å². The van der Waals surface area contributed by atoms with E-state index in [-0.39, 0.29) is 0 Å². The third kappa shape index (κ3) is 5.51. The van der Waals surface area contributed by atoms with Crippen LogP contribution in [0.1, 0.15) is 19.5 Å². The lowest BCUT2D eigenvalue weighted by molar-refractivity contribution is 0.311. The van der Waals surface area contributed by atoms with E-state index >= 15 is 0 Å². The van der Waals surface area contributed by atoms with E-state index in [0.717, 1.165) is 23.5 Å². The third-order valence-corrected chi connectivity index (χ3v) is 4.04. The van der Waals surface area contributed by atoms with Crippen LogP contribution in [0.15, 0.2) is 64.2 Å². The largest absolute Gasteiger partial charge is 0.493 e. The number of aliphatic imine (C=N–C) groups is 1. The molecule has 0 spiro atoms. The van der Waals surface area contributed by atoms with Crippen LogP contribution < -0.4 is 20.1 Å². The Morgan fingerprint density at radius 3 is 2.66 bits per heavy atom.